The molecule has 20 heavy (non-hydrogen) atoms. The molecule has 0 spiro atoms. The van der Waals surface area contributed by atoms with Crippen LogP contribution in [0.1, 0.15) is 20.8 Å². The molecule has 2 rings (SSSR count). The molecule has 9 heteroatoms. The maximum Gasteiger partial charge on any atom is 0.407 e. The number of hydrogen-bond acceptors (Lipinski definition) is 7. The second-order valence-corrected chi connectivity index (χ2v) is 5.89. The smallest absolute Gasteiger partial charge is 0.407 e. The maximum absolute atomic E-state index is 11.6. The molecule has 1 amide bonds. The molecule has 0 unspecified atom stereocenters. The van der Waals surface area contributed by atoms with Crippen LogP contribution in [0.5, 0.6) is 0 Å². The van der Waals surface area contributed by atoms with E-state index in [9.17, 15) is 4.79 Å². The number of anilines is 2. The van der Waals surface area contributed by atoms with Crippen LogP contribution in [-0.4, -0.2) is 46.0 Å². The second-order valence-electron chi connectivity index (χ2n) is 5.54. The van der Waals surface area contributed by atoms with Crippen molar-refractivity contribution in [3.63, 3.8) is 0 Å². The van der Waals surface area contributed by atoms with Crippen LogP contribution in [0.3, 0.4) is 0 Å². The van der Waals surface area contributed by atoms with Crippen molar-refractivity contribution in [2.75, 3.05) is 23.7 Å². The first-order valence-corrected chi connectivity index (χ1v) is 6.52. The minimum atomic E-state index is -0.509. The van der Waals surface area contributed by atoms with Crippen LogP contribution < -0.4 is 16.0 Å². The van der Waals surface area contributed by atoms with Crippen LogP contribution in [0.25, 0.3) is 0 Å². The van der Waals surface area contributed by atoms with E-state index in [0.717, 1.165) is 0 Å². The summed E-state index contributed by atoms with van der Waals surface area (Å²) in [7, 11) is 0. The van der Waals surface area contributed by atoms with E-state index in [0.29, 0.717) is 19.0 Å². The Kier molecular flexibility index (Phi) is 3.85. The summed E-state index contributed by atoms with van der Waals surface area (Å²) in [5.41, 5.74) is 5.05. The highest BCUT2D eigenvalue weighted by atomic mass is 35.5. The molecule has 110 valence electrons. The van der Waals surface area contributed by atoms with Gasteiger partial charge in [-0.3, -0.25) is 0 Å². The molecule has 0 aliphatic carbocycles. The van der Waals surface area contributed by atoms with Crippen molar-refractivity contribution in [2.24, 2.45) is 0 Å². The van der Waals surface area contributed by atoms with Gasteiger partial charge in [0.1, 0.15) is 5.60 Å². The minimum absolute atomic E-state index is 0.00893. The van der Waals surface area contributed by atoms with E-state index in [1.54, 1.807) is 0 Å². The van der Waals surface area contributed by atoms with Crippen molar-refractivity contribution in [3.05, 3.63) is 5.15 Å². The summed E-state index contributed by atoms with van der Waals surface area (Å²) in [6, 6.07) is -0.00893. The lowest BCUT2D eigenvalue weighted by Crippen LogP contribution is -2.60. The molecule has 0 saturated carbocycles. The Morgan fingerprint density at radius 3 is 2.65 bits per heavy atom. The number of halogens is 1. The van der Waals surface area contributed by atoms with E-state index in [2.05, 4.69) is 20.5 Å². The number of hydrogen-bond donors (Lipinski definition) is 2. The molecule has 0 aromatic carbocycles. The summed E-state index contributed by atoms with van der Waals surface area (Å²) in [6.45, 7) is 6.59. The number of carbonyl (C=O) groups excluding carboxylic acids is 1. The highest BCUT2D eigenvalue weighted by Gasteiger charge is 2.31. The summed E-state index contributed by atoms with van der Waals surface area (Å²) in [5.74, 6) is 0.536. The van der Waals surface area contributed by atoms with Gasteiger partial charge in [0.25, 0.3) is 0 Å². The van der Waals surface area contributed by atoms with Gasteiger partial charge in [0.2, 0.25) is 5.95 Å². The molecule has 8 nitrogen and oxygen atoms in total. The van der Waals surface area contributed by atoms with Gasteiger partial charge < -0.3 is 20.7 Å². The Bertz CT molecular complexity index is 512. The number of amides is 1. The number of alkyl carbamates (subject to hydrolysis) is 1. The number of nitrogens with two attached hydrogens (primary N) is 1. The topological polar surface area (TPSA) is 106 Å². The molecule has 3 N–H and O–H groups in total. The molecular weight excluding hydrogens is 284 g/mol. The fourth-order valence-electron chi connectivity index (χ4n) is 1.66. The summed E-state index contributed by atoms with van der Waals surface area (Å²) < 4.78 is 5.17. The molecule has 0 radical (unpaired) electrons. The quantitative estimate of drug-likeness (QED) is 0.832. The zero-order valence-electron chi connectivity index (χ0n) is 11.6. The predicted octanol–water partition coefficient (Wildman–Crippen LogP) is 0.820. The van der Waals surface area contributed by atoms with Crippen molar-refractivity contribution in [3.8, 4) is 0 Å². The number of nitrogens with zero attached hydrogens (tertiary/aromatic N) is 4. The molecule has 0 bridgehead atoms. The molecule has 1 saturated heterocycles. The average Bonchev–Trinajstić information content (AvgIpc) is 2.24. The molecule has 1 fully saturated rings. The lowest BCUT2D eigenvalue weighted by Gasteiger charge is -2.39. The van der Waals surface area contributed by atoms with Crippen LogP contribution >= 0.6 is 11.6 Å². The van der Waals surface area contributed by atoms with Crippen LogP contribution in [0.15, 0.2) is 0 Å². The van der Waals surface area contributed by atoms with E-state index in [4.69, 9.17) is 22.1 Å². The van der Waals surface area contributed by atoms with Gasteiger partial charge in [-0.1, -0.05) is 11.6 Å². The molecule has 2 heterocycles. The summed E-state index contributed by atoms with van der Waals surface area (Å²) in [6.07, 6.45) is -0.434. The third-order valence-electron chi connectivity index (χ3n) is 2.54. The highest BCUT2D eigenvalue weighted by Crippen LogP contribution is 2.19. The van der Waals surface area contributed by atoms with Crippen molar-refractivity contribution in [1.29, 1.82) is 0 Å². The molecule has 1 aliphatic rings. The summed E-state index contributed by atoms with van der Waals surface area (Å²) in [4.78, 5) is 17.4. The second kappa shape index (κ2) is 5.28. The largest absolute Gasteiger partial charge is 0.444 e. The first kappa shape index (κ1) is 14.6. The van der Waals surface area contributed by atoms with E-state index in [1.165, 1.54) is 0 Å². The van der Waals surface area contributed by atoms with Crippen LogP contribution in [-0.2, 0) is 4.74 Å². The fourth-order valence-corrected chi connectivity index (χ4v) is 1.74. The van der Waals surface area contributed by atoms with Crippen LogP contribution in [0.2, 0.25) is 5.15 Å². The Morgan fingerprint density at radius 2 is 2.10 bits per heavy atom. The number of aromatic nitrogens is 3. The van der Waals surface area contributed by atoms with Crippen molar-refractivity contribution in [2.45, 2.75) is 32.4 Å². The Labute approximate surface area is 121 Å². The zero-order valence-corrected chi connectivity index (χ0v) is 12.3. The van der Waals surface area contributed by atoms with Gasteiger partial charge in [-0.15, -0.1) is 10.2 Å². The lowest BCUT2D eigenvalue weighted by molar-refractivity contribution is 0.0495. The van der Waals surface area contributed by atoms with E-state index in [-0.39, 0.29) is 17.0 Å². The Hall–Kier alpha value is -1.83. The summed E-state index contributed by atoms with van der Waals surface area (Å²) >= 11 is 5.65. The third-order valence-corrected chi connectivity index (χ3v) is 2.81. The molecule has 0 atom stereocenters. The number of nitrogens with one attached hydrogen (secondary N) is 1. The average molecular weight is 301 g/mol. The molecule has 1 aliphatic heterocycles. The fraction of sp³-hybridized carbons (Fsp3) is 0.636. The van der Waals surface area contributed by atoms with E-state index in [1.807, 2.05) is 25.7 Å². The highest BCUT2D eigenvalue weighted by molar-refractivity contribution is 6.31. The summed E-state index contributed by atoms with van der Waals surface area (Å²) in [5, 5.41) is 10.4. The monoisotopic (exact) mass is 300 g/mol. The van der Waals surface area contributed by atoms with Gasteiger partial charge >= 0.3 is 6.09 Å². The number of carbonyl (C=O) groups is 1. The SMILES string of the molecule is CC(C)(C)OC(=O)NC1CN(c2nnc(Cl)c(N)n2)C1. The predicted molar refractivity (Wildman–Crippen MR) is 74.6 cm³/mol. The van der Waals surface area contributed by atoms with Gasteiger partial charge in [-0.2, -0.15) is 4.98 Å². The normalized spacial score (nSPS) is 15.7. The maximum atomic E-state index is 11.6. The molecular formula is C11H17ClN6O2. The Morgan fingerprint density at radius 1 is 1.45 bits per heavy atom. The molecule has 1 aromatic rings. The number of ether oxygens (including phenoxy) is 1. The van der Waals surface area contributed by atoms with Gasteiger partial charge in [-0.05, 0) is 20.8 Å². The van der Waals surface area contributed by atoms with Crippen LogP contribution in [0, 0.1) is 0 Å². The van der Waals surface area contributed by atoms with E-state index < -0.39 is 11.7 Å². The van der Waals surface area contributed by atoms with E-state index >= 15 is 0 Å². The third kappa shape index (κ3) is 3.60. The standard InChI is InChI=1S/C11H17ClN6O2/c1-11(2,3)20-10(19)14-6-4-18(5-6)9-15-8(13)7(12)16-17-9/h6H,4-5H2,1-3H3,(H,14,19)(H2,13,15,17). The lowest BCUT2D eigenvalue weighted by atomic mass is 10.1. The van der Waals surface area contributed by atoms with Crippen molar-refractivity contribution >= 4 is 29.5 Å². The molecule has 1 aromatic heterocycles. The van der Waals surface area contributed by atoms with Gasteiger partial charge in [0, 0.05) is 13.1 Å². The number of nitrogen functional groups attached to an aromatic ring is 1. The van der Waals surface area contributed by atoms with Gasteiger partial charge in [0.05, 0.1) is 6.04 Å². The first-order chi connectivity index (χ1) is 9.24. The Balaban J connectivity index is 1.82. The minimum Gasteiger partial charge on any atom is -0.444 e. The van der Waals surface area contributed by atoms with Crippen LogP contribution in [0.4, 0.5) is 16.6 Å². The van der Waals surface area contributed by atoms with Gasteiger partial charge in [-0.25, -0.2) is 4.79 Å². The van der Waals surface area contributed by atoms with Gasteiger partial charge in [0.15, 0.2) is 11.0 Å². The van der Waals surface area contributed by atoms with Crippen molar-refractivity contribution < 1.29 is 9.53 Å². The number of rotatable bonds is 2. The zero-order chi connectivity index (χ0) is 14.9. The van der Waals surface area contributed by atoms with Crippen molar-refractivity contribution in [1.82, 2.24) is 20.5 Å². The first-order valence-electron chi connectivity index (χ1n) is 6.15.